The molecular weight excluding hydrogens is 78.8 g/mol. The second-order valence-electron chi connectivity index (χ2n) is 0.976. The summed E-state index contributed by atoms with van der Waals surface area (Å²) in [6, 6.07) is 0. The molecule has 0 aromatic rings. The molecule has 0 spiro atoms. The molecule has 35 valence electrons. The summed E-state index contributed by atoms with van der Waals surface area (Å²) in [4.78, 5) is 0. The molecule has 0 unspecified atom stereocenters. The Balaban J connectivity index is 2.34. The minimum Gasteiger partial charge on any atom is -0.429 e. The first-order chi connectivity index (χ1) is 2.91. The normalized spacial score (nSPS) is 8.33. The molecule has 0 saturated carbocycles. The van der Waals surface area contributed by atoms with Crippen molar-refractivity contribution < 1.29 is 9.68 Å². The molecule has 0 aliphatic heterocycles. The van der Waals surface area contributed by atoms with Crippen LogP contribution in [0.2, 0.25) is 0 Å². The third-order valence-corrected chi connectivity index (χ3v) is 0.397. The molecule has 0 aromatic carbocycles. The monoisotopic (exact) mass is 87.1 g/mol. The van der Waals surface area contributed by atoms with Gasteiger partial charge >= 0.3 is 7.69 Å². The predicted octanol–water partition coefficient (Wildman–Crippen LogP) is -0.0605. The summed E-state index contributed by atoms with van der Waals surface area (Å²) in [5.74, 6) is 0. The van der Waals surface area contributed by atoms with Crippen LogP contribution in [-0.4, -0.2) is 19.3 Å². The maximum atomic E-state index is 7.85. The minimum atomic E-state index is 0.608. The molecule has 0 heterocycles. The van der Waals surface area contributed by atoms with E-state index in [1.165, 1.54) is 0 Å². The fraction of sp³-hybridized carbons (Fsp3) is 1.00. The zero-order valence-corrected chi connectivity index (χ0v) is 3.85. The largest absolute Gasteiger partial charge is 0.485 e. The van der Waals surface area contributed by atoms with Crippen molar-refractivity contribution in [1.82, 2.24) is 0 Å². The van der Waals surface area contributed by atoms with Crippen LogP contribution in [0.3, 0.4) is 0 Å². The van der Waals surface area contributed by atoms with Crippen molar-refractivity contribution in [2.24, 2.45) is 0 Å². The lowest BCUT2D eigenvalue weighted by atomic mass is 10.4. The highest BCUT2D eigenvalue weighted by atomic mass is 16.5. The number of hydrogen-bond acceptors (Lipinski definition) is 2. The quantitative estimate of drug-likeness (QED) is 0.386. The fourth-order valence-corrected chi connectivity index (χ4v) is 0.171. The molecule has 0 fully saturated rings. The molecule has 3 heteroatoms. The fourth-order valence-electron chi connectivity index (χ4n) is 0.171. The molecule has 0 amide bonds. The maximum absolute atomic E-state index is 7.85. The average molecular weight is 86.9 g/mol. The molecule has 0 aliphatic carbocycles. The molecule has 1 radical (unpaired) electrons. The Labute approximate surface area is 38.4 Å². The number of rotatable bonds is 3. The van der Waals surface area contributed by atoms with Gasteiger partial charge in [0, 0.05) is 6.61 Å². The highest BCUT2D eigenvalue weighted by Crippen LogP contribution is 1.72. The Hall–Kier alpha value is -0.0151. The van der Waals surface area contributed by atoms with Crippen molar-refractivity contribution in [1.29, 1.82) is 0 Å². The van der Waals surface area contributed by atoms with Gasteiger partial charge in [-0.25, -0.2) is 0 Å². The average Bonchev–Trinajstić information content (AvgIpc) is 1.61. The second kappa shape index (κ2) is 4.98. The SMILES string of the molecule is CCCO[B]O. The van der Waals surface area contributed by atoms with E-state index in [1.807, 2.05) is 6.92 Å². The molecule has 6 heavy (non-hydrogen) atoms. The van der Waals surface area contributed by atoms with Crippen LogP contribution >= 0.6 is 0 Å². The Morgan fingerprint density at radius 2 is 2.50 bits per heavy atom. The van der Waals surface area contributed by atoms with Crippen molar-refractivity contribution in [3.63, 3.8) is 0 Å². The molecule has 0 aliphatic rings. The predicted molar refractivity (Wildman–Crippen MR) is 24.2 cm³/mol. The molecular formula is C3H8BO2. The first-order valence-corrected chi connectivity index (χ1v) is 1.99. The van der Waals surface area contributed by atoms with Gasteiger partial charge in [-0.15, -0.1) is 0 Å². The van der Waals surface area contributed by atoms with Gasteiger partial charge in [-0.05, 0) is 6.42 Å². The van der Waals surface area contributed by atoms with E-state index in [0.29, 0.717) is 14.3 Å². The minimum absolute atomic E-state index is 0.608. The van der Waals surface area contributed by atoms with Gasteiger partial charge in [0.05, 0.1) is 0 Å². The van der Waals surface area contributed by atoms with E-state index < -0.39 is 0 Å². The van der Waals surface area contributed by atoms with Crippen molar-refractivity contribution in [3.8, 4) is 0 Å². The highest BCUT2D eigenvalue weighted by Gasteiger charge is 1.79. The Morgan fingerprint density at radius 3 is 2.67 bits per heavy atom. The molecule has 2 nitrogen and oxygen atoms in total. The van der Waals surface area contributed by atoms with Gasteiger partial charge < -0.3 is 9.68 Å². The highest BCUT2D eigenvalue weighted by molar-refractivity contribution is 6.15. The van der Waals surface area contributed by atoms with Gasteiger partial charge in [-0.3, -0.25) is 0 Å². The Bertz CT molecular complexity index is 20.8. The first-order valence-electron chi connectivity index (χ1n) is 1.99. The van der Waals surface area contributed by atoms with Crippen molar-refractivity contribution >= 4 is 7.69 Å². The summed E-state index contributed by atoms with van der Waals surface area (Å²) >= 11 is 0. The van der Waals surface area contributed by atoms with Crippen LogP contribution in [0.4, 0.5) is 0 Å². The molecule has 1 N–H and O–H groups in total. The van der Waals surface area contributed by atoms with Gasteiger partial charge in [0.2, 0.25) is 0 Å². The Kier molecular flexibility index (Phi) is 4.97. The van der Waals surface area contributed by atoms with Crippen LogP contribution < -0.4 is 0 Å². The van der Waals surface area contributed by atoms with Crippen LogP contribution in [0.15, 0.2) is 0 Å². The third-order valence-electron chi connectivity index (χ3n) is 0.397. The summed E-state index contributed by atoms with van der Waals surface area (Å²) in [5.41, 5.74) is 0. The molecule has 0 rings (SSSR count). The lowest BCUT2D eigenvalue weighted by Crippen LogP contribution is -1.96. The summed E-state index contributed by atoms with van der Waals surface area (Å²) in [7, 11) is 0.712. The van der Waals surface area contributed by atoms with E-state index in [2.05, 4.69) is 4.65 Å². The zero-order chi connectivity index (χ0) is 4.83. The second-order valence-corrected chi connectivity index (χ2v) is 0.976. The molecule has 0 bridgehead atoms. The van der Waals surface area contributed by atoms with Crippen LogP contribution in [0.25, 0.3) is 0 Å². The van der Waals surface area contributed by atoms with E-state index >= 15 is 0 Å². The van der Waals surface area contributed by atoms with Gasteiger partial charge in [-0.2, -0.15) is 0 Å². The lowest BCUT2D eigenvalue weighted by Gasteiger charge is -1.88. The van der Waals surface area contributed by atoms with E-state index in [1.54, 1.807) is 0 Å². The van der Waals surface area contributed by atoms with Gasteiger partial charge in [-0.1, -0.05) is 6.92 Å². The van der Waals surface area contributed by atoms with Crippen LogP contribution in [0, 0.1) is 0 Å². The van der Waals surface area contributed by atoms with Crippen molar-refractivity contribution in [3.05, 3.63) is 0 Å². The summed E-state index contributed by atoms with van der Waals surface area (Å²) in [5, 5.41) is 7.85. The third kappa shape index (κ3) is 3.98. The van der Waals surface area contributed by atoms with E-state index in [-0.39, 0.29) is 0 Å². The smallest absolute Gasteiger partial charge is 0.429 e. The van der Waals surface area contributed by atoms with Gasteiger partial charge in [0.1, 0.15) is 0 Å². The summed E-state index contributed by atoms with van der Waals surface area (Å²) in [6.07, 6.45) is 0.942. The van der Waals surface area contributed by atoms with Crippen molar-refractivity contribution in [2.45, 2.75) is 13.3 Å². The number of hydrogen-bond donors (Lipinski definition) is 1. The zero-order valence-electron chi connectivity index (χ0n) is 3.85. The maximum Gasteiger partial charge on any atom is 0.485 e. The first kappa shape index (κ1) is 5.98. The lowest BCUT2D eigenvalue weighted by molar-refractivity contribution is 0.284. The van der Waals surface area contributed by atoms with E-state index in [4.69, 9.17) is 5.02 Å². The van der Waals surface area contributed by atoms with Gasteiger partial charge in [0.15, 0.2) is 0 Å². The van der Waals surface area contributed by atoms with E-state index in [0.717, 1.165) is 6.42 Å². The summed E-state index contributed by atoms with van der Waals surface area (Å²) < 4.78 is 4.41. The molecule has 0 aromatic heterocycles. The molecule has 0 saturated heterocycles. The van der Waals surface area contributed by atoms with Crippen LogP contribution in [-0.2, 0) is 4.65 Å². The van der Waals surface area contributed by atoms with Crippen LogP contribution in [0.1, 0.15) is 13.3 Å². The standard InChI is InChI=1S/C3H8BO2/c1-2-3-6-4-5/h5H,2-3H2,1H3. The van der Waals surface area contributed by atoms with Crippen LogP contribution in [0.5, 0.6) is 0 Å². The van der Waals surface area contributed by atoms with Crippen molar-refractivity contribution in [2.75, 3.05) is 6.61 Å². The van der Waals surface area contributed by atoms with E-state index in [9.17, 15) is 0 Å². The molecule has 0 atom stereocenters. The Morgan fingerprint density at radius 1 is 1.83 bits per heavy atom. The van der Waals surface area contributed by atoms with Gasteiger partial charge in [0.25, 0.3) is 0 Å². The summed E-state index contributed by atoms with van der Waals surface area (Å²) in [6.45, 7) is 2.58. The topological polar surface area (TPSA) is 29.5 Å².